The summed E-state index contributed by atoms with van der Waals surface area (Å²) < 4.78 is 7.01. The molecule has 2 aliphatic heterocycles. The molecule has 2 aromatic rings. The van der Waals surface area contributed by atoms with E-state index in [0.29, 0.717) is 28.5 Å². The van der Waals surface area contributed by atoms with Gasteiger partial charge in [0.25, 0.3) is 5.91 Å². The molecule has 4 rings (SSSR count). The van der Waals surface area contributed by atoms with Crippen molar-refractivity contribution in [2.75, 3.05) is 12.4 Å². The van der Waals surface area contributed by atoms with Crippen molar-refractivity contribution in [1.82, 2.24) is 9.47 Å². The Morgan fingerprint density at radius 3 is 2.97 bits per heavy atom. The van der Waals surface area contributed by atoms with E-state index in [1.807, 2.05) is 47.3 Å². The molecule has 2 fully saturated rings. The minimum absolute atomic E-state index is 0.0420. The number of carbonyl (C=O) groups excluding carboxylic acids is 3. The number of esters is 1. The first kappa shape index (κ1) is 21.1. The first-order chi connectivity index (χ1) is 14.4. The van der Waals surface area contributed by atoms with Crippen molar-refractivity contribution in [3.63, 3.8) is 0 Å². The van der Waals surface area contributed by atoms with Gasteiger partial charge < -0.3 is 14.2 Å². The van der Waals surface area contributed by atoms with E-state index in [2.05, 4.69) is 4.99 Å². The molecule has 2 saturated heterocycles. The lowest BCUT2D eigenvalue weighted by atomic mass is 10.2. The third-order valence-electron chi connectivity index (χ3n) is 5.23. The van der Waals surface area contributed by atoms with E-state index in [0.717, 1.165) is 12.0 Å². The molecule has 0 spiro atoms. The number of nitrogens with zero attached hydrogens (tertiary/aromatic N) is 3. The van der Waals surface area contributed by atoms with Gasteiger partial charge in [-0.05, 0) is 25.0 Å². The van der Waals surface area contributed by atoms with Gasteiger partial charge in [-0.1, -0.05) is 29.8 Å². The second-order valence-electron chi connectivity index (χ2n) is 7.28. The maximum atomic E-state index is 12.5. The van der Waals surface area contributed by atoms with Crippen LogP contribution in [0, 0.1) is 0 Å². The fourth-order valence-corrected chi connectivity index (χ4v) is 6.04. The van der Waals surface area contributed by atoms with E-state index in [1.165, 1.54) is 11.3 Å². The smallest absolute Gasteiger partial charge is 0.330 e. The SMILES string of the molecule is C[C@]12CCC(=O)N1[C@H](C(=O)OCC(=O)N=c1sccn1Cc1ccccc1Cl)CS2. The summed E-state index contributed by atoms with van der Waals surface area (Å²) in [6, 6.07) is 6.83. The van der Waals surface area contributed by atoms with Crippen LogP contribution in [0.2, 0.25) is 5.02 Å². The minimum atomic E-state index is -0.644. The quantitative estimate of drug-likeness (QED) is 0.634. The van der Waals surface area contributed by atoms with Crippen molar-refractivity contribution in [1.29, 1.82) is 0 Å². The number of thiazole rings is 1. The first-order valence-electron chi connectivity index (χ1n) is 9.45. The van der Waals surface area contributed by atoms with Crippen LogP contribution in [0.4, 0.5) is 0 Å². The number of aromatic nitrogens is 1. The number of hydrogen-bond acceptors (Lipinski definition) is 6. The maximum absolute atomic E-state index is 12.5. The zero-order valence-corrected chi connectivity index (χ0v) is 18.6. The van der Waals surface area contributed by atoms with Gasteiger partial charge in [0.15, 0.2) is 11.4 Å². The molecule has 0 bridgehead atoms. The van der Waals surface area contributed by atoms with Crippen molar-refractivity contribution < 1.29 is 19.1 Å². The van der Waals surface area contributed by atoms with Gasteiger partial charge in [-0.3, -0.25) is 9.59 Å². The van der Waals surface area contributed by atoms with Gasteiger partial charge in [-0.25, -0.2) is 4.79 Å². The molecule has 30 heavy (non-hydrogen) atoms. The van der Waals surface area contributed by atoms with Gasteiger partial charge in [-0.2, -0.15) is 4.99 Å². The molecule has 2 aliphatic rings. The van der Waals surface area contributed by atoms with E-state index in [1.54, 1.807) is 16.7 Å². The second-order valence-corrected chi connectivity index (χ2v) is 10.1. The van der Waals surface area contributed by atoms with Gasteiger partial charge in [-0.15, -0.1) is 23.1 Å². The fourth-order valence-electron chi connectivity index (χ4n) is 3.68. The molecule has 7 nitrogen and oxygen atoms in total. The van der Waals surface area contributed by atoms with Crippen molar-refractivity contribution >= 4 is 52.5 Å². The predicted molar refractivity (Wildman–Crippen MR) is 115 cm³/mol. The van der Waals surface area contributed by atoms with Gasteiger partial charge in [0.05, 0.1) is 11.4 Å². The summed E-state index contributed by atoms with van der Waals surface area (Å²) in [6.45, 7) is 1.98. The lowest BCUT2D eigenvalue weighted by Gasteiger charge is -2.29. The van der Waals surface area contributed by atoms with Crippen molar-refractivity contribution in [3.05, 3.63) is 51.2 Å². The summed E-state index contributed by atoms with van der Waals surface area (Å²) in [7, 11) is 0. The minimum Gasteiger partial charge on any atom is -0.454 e. The summed E-state index contributed by atoms with van der Waals surface area (Å²) in [6.07, 6.45) is 2.98. The van der Waals surface area contributed by atoms with E-state index < -0.39 is 24.5 Å². The van der Waals surface area contributed by atoms with Gasteiger partial charge in [0, 0.05) is 28.8 Å². The number of rotatable bonds is 5. The van der Waals surface area contributed by atoms with Crippen LogP contribution in [0.3, 0.4) is 0 Å². The Morgan fingerprint density at radius 1 is 1.37 bits per heavy atom. The van der Waals surface area contributed by atoms with Crippen molar-refractivity contribution in [3.8, 4) is 0 Å². The molecule has 0 aliphatic carbocycles. The van der Waals surface area contributed by atoms with Crippen LogP contribution in [0.25, 0.3) is 0 Å². The molecule has 0 unspecified atom stereocenters. The lowest BCUT2D eigenvalue weighted by molar-refractivity contribution is -0.155. The number of ether oxygens (including phenoxy) is 1. The van der Waals surface area contributed by atoms with Crippen LogP contribution < -0.4 is 4.80 Å². The normalized spacial score (nSPS) is 23.7. The summed E-state index contributed by atoms with van der Waals surface area (Å²) in [4.78, 5) is 42.8. The van der Waals surface area contributed by atoms with E-state index in [4.69, 9.17) is 16.3 Å². The Morgan fingerprint density at radius 2 is 2.17 bits per heavy atom. The summed E-state index contributed by atoms with van der Waals surface area (Å²) in [5, 5.41) is 2.46. The second kappa shape index (κ2) is 8.56. The number of thioether (sulfide) groups is 1. The summed E-state index contributed by atoms with van der Waals surface area (Å²) in [5.74, 6) is -0.672. The highest BCUT2D eigenvalue weighted by Gasteiger charge is 2.53. The molecule has 0 saturated carbocycles. The maximum Gasteiger partial charge on any atom is 0.330 e. The largest absolute Gasteiger partial charge is 0.454 e. The molecule has 2 amide bonds. The van der Waals surface area contributed by atoms with E-state index in [9.17, 15) is 14.4 Å². The third-order valence-corrected chi connectivity index (χ3v) is 7.90. The molecule has 1 aromatic carbocycles. The van der Waals surface area contributed by atoms with Gasteiger partial charge in [0.2, 0.25) is 5.91 Å². The number of benzene rings is 1. The zero-order valence-electron chi connectivity index (χ0n) is 16.2. The molecule has 0 radical (unpaired) electrons. The molecule has 3 heterocycles. The molecular weight excluding hydrogens is 446 g/mol. The predicted octanol–water partition coefficient (Wildman–Crippen LogP) is 2.68. The fraction of sp³-hybridized carbons (Fsp3) is 0.400. The van der Waals surface area contributed by atoms with Crippen molar-refractivity contribution in [2.45, 2.75) is 37.2 Å². The Kier molecular flexibility index (Phi) is 6.04. The molecule has 10 heteroatoms. The Labute approximate surface area is 186 Å². The Bertz CT molecular complexity index is 1070. The monoisotopic (exact) mass is 465 g/mol. The topological polar surface area (TPSA) is 81.0 Å². The Balaban J connectivity index is 1.39. The highest BCUT2D eigenvalue weighted by molar-refractivity contribution is 8.01. The van der Waals surface area contributed by atoms with Gasteiger partial charge >= 0.3 is 5.97 Å². The number of halogens is 1. The summed E-state index contributed by atoms with van der Waals surface area (Å²) in [5.41, 5.74) is 0.912. The zero-order chi connectivity index (χ0) is 21.3. The summed E-state index contributed by atoms with van der Waals surface area (Å²) >= 11 is 9.10. The Hall–Kier alpha value is -2.10. The van der Waals surface area contributed by atoms with Gasteiger partial charge in [0.1, 0.15) is 6.04 Å². The van der Waals surface area contributed by atoms with E-state index in [-0.39, 0.29) is 10.8 Å². The van der Waals surface area contributed by atoms with E-state index >= 15 is 0 Å². The van der Waals surface area contributed by atoms with Crippen LogP contribution >= 0.6 is 34.7 Å². The molecule has 0 N–H and O–H groups in total. The number of fused-ring (bicyclic) bond motifs is 1. The molecule has 158 valence electrons. The standard InChI is InChI=1S/C20H20ClN3O4S2/c1-20-7-6-17(26)24(20)15(12-30-20)18(27)28-11-16(25)22-19-23(8-9-29-19)10-13-4-2-3-5-14(13)21/h2-5,8-9,15H,6-7,10-12H2,1H3/t15-,20-/m0/s1. The average Bonchev–Trinajstić information content (AvgIpc) is 3.38. The highest BCUT2D eigenvalue weighted by atomic mass is 35.5. The third kappa shape index (κ3) is 4.19. The average molecular weight is 466 g/mol. The first-order valence-corrected chi connectivity index (χ1v) is 11.7. The lowest BCUT2D eigenvalue weighted by Crippen LogP contribution is -2.46. The number of hydrogen-bond donors (Lipinski definition) is 0. The molecule has 1 aromatic heterocycles. The number of amides is 2. The van der Waals surface area contributed by atoms with Crippen molar-refractivity contribution in [2.24, 2.45) is 4.99 Å². The molecular formula is C20H20ClN3O4S2. The van der Waals surface area contributed by atoms with Crippen LogP contribution in [0.5, 0.6) is 0 Å². The number of carbonyl (C=O) groups is 3. The van der Waals surface area contributed by atoms with Crippen LogP contribution in [0.15, 0.2) is 40.8 Å². The van der Waals surface area contributed by atoms with Crippen LogP contribution in [-0.4, -0.2) is 50.5 Å². The molecule has 2 atom stereocenters. The highest BCUT2D eigenvalue weighted by Crippen LogP contribution is 2.47. The van der Waals surface area contributed by atoms with Crippen LogP contribution in [-0.2, 0) is 25.7 Å². The van der Waals surface area contributed by atoms with Crippen LogP contribution in [0.1, 0.15) is 25.3 Å².